The number of rotatable bonds is 2. The van der Waals surface area contributed by atoms with E-state index in [1.54, 1.807) is 6.92 Å². The molecule has 0 spiro atoms. The van der Waals surface area contributed by atoms with Gasteiger partial charge in [0.2, 0.25) is 0 Å². The number of aliphatic hydroxyl groups is 3. The summed E-state index contributed by atoms with van der Waals surface area (Å²) < 4.78 is 0. The molecule has 5 aliphatic rings. The Labute approximate surface area is 210 Å². The Balaban J connectivity index is 1.62. The van der Waals surface area contributed by atoms with Crippen LogP contribution in [-0.2, 0) is 4.79 Å². The van der Waals surface area contributed by atoms with Crippen LogP contribution in [0.3, 0.4) is 0 Å². The molecule has 0 aromatic carbocycles. The first kappa shape index (κ1) is 25.5. The van der Waals surface area contributed by atoms with Crippen LogP contribution in [0.4, 0.5) is 0 Å². The van der Waals surface area contributed by atoms with Gasteiger partial charge < -0.3 is 20.4 Å². The third-order valence-electron chi connectivity index (χ3n) is 13.0. The van der Waals surface area contributed by atoms with E-state index in [0.717, 1.165) is 32.1 Å². The SMILES string of the molecule is CC12CCC3(C)C(=CC=C4C5(C)CCC(O)C(C)(CO)C5CCC43C)C1CC(C)(C(=O)O)C(O)C2. The molecule has 5 nitrogen and oxygen atoms in total. The summed E-state index contributed by atoms with van der Waals surface area (Å²) in [5.41, 5.74) is 0.967. The van der Waals surface area contributed by atoms with Crippen molar-refractivity contribution < 1.29 is 25.2 Å². The van der Waals surface area contributed by atoms with Crippen molar-refractivity contribution in [1.29, 1.82) is 0 Å². The first-order valence-electron chi connectivity index (χ1n) is 13.8. The number of hydrogen-bond donors (Lipinski definition) is 4. The van der Waals surface area contributed by atoms with Crippen LogP contribution >= 0.6 is 0 Å². The maximum Gasteiger partial charge on any atom is 0.312 e. The van der Waals surface area contributed by atoms with Gasteiger partial charge in [0, 0.05) is 5.41 Å². The number of aliphatic carboxylic acids is 1. The lowest BCUT2D eigenvalue weighted by atomic mass is 9.36. The van der Waals surface area contributed by atoms with Crippen molar-refractivity contribution in [3.8, 4) is 0 Å². The molecule has 5 aliphatic carbocycles. The fraction of sp³-hybridized carbons (Fsp3) is 0.833. The number of fused-ring (bicyclic) bond motifs is 7. The molecule has 0 heterocycles. The topological polar surface area (TPSA) is 98.0 Å². The standard InChI is InChI=1S/C30H46O5/c1-25-13-14-29(5)18(19(25)15-27(3,24(34)35)23(33)16-25)7-8-21-26(2)11-10-22(32)28(4,17-31)20(26)9-12-30(21,29)6/h7-8,19-20,22-23,31-33H,9-17H2,1-6H3,(H,34,35). The number of hydrogen-bond acceptors (Lipinski definition) is 4. The van der Waals surface area contributed by atoms with E-state index in [1.807, 2.05) is 0 Å². The normalized spacial score (nSPS) is 55.5. The van der Waals surface area contributed by atoms with Crippen molar-refractivity contribution >= 4 is 5.97 Å². The van der Waals surface area contributed by atoms with E-state index in [9.17, 15) is 25.2 Å². The zero-order chi connectivity index (χ0) is 25.8. The van der Waals surface area contributed by atoms with E-state index < -0.39 is 29.0 Å². The molecular weight excluding hydrogens is 440 g/mol. The summed E-state index contributed by atoms with van der Waals surface area (Å²) in [6, 6.07) is 0. The molecule has 0 radical (unpaired) electrons. The largest absolute Gasteiger partial charge is 0.481 e. The van der Waals surface area contributed by atoms with Crippen LogP contribution in [0, 0.1) is 44.3 Å². The second-order valence-electron chi connectivity index (χ2n) is 14.4. The van der Waals surface area contributed by atoms with Crippen molar-refractivity contribution in [2.75, 3.05) is 6.61 Å². The average Bonchev–Trinajstić information content (AvgIpc) is 2.79. The zero-order valence-corrected chi connectivity index (χ0v) is 22.5. The molecule has 0 amide bonds. The maximum absolute atomic E-state index is 12.3. The Morgan fingerprint density at radius 3 is 2.20 bits per heavy atom. The van der Waals surface area contributed by atoms with Gasteiger partial charge in [0.15, 0.2) is 0 Å². The van der Waals surface area contributed by atoms with Gasteiger partial charge in [0.1, 0.15) is 0 Å². The molecule has 35 heavy (non-hydrogen) atoms. The summed E-state index contributed by atoms with van der Waals surface area (Å²) in [6.07, 6.45) is 10.1. The summed E-state index contributed by atoms with van der Waals surface area (Å²) in [6.45, 7) is 13.3. The molecule has 5 rings (SSSR count). The van der Waals surface area contributed by atoms with Crippen LogP contribution in [0.5, 0.6) is 0 Å². The molecular formula is C30H46O5. The van der Waals surface area contributed by atoms with Crippen molar-refractivity contribution in [3.05, 3.63) is 23.3 Å². The fourth-order valence-corrected chi connectivity index (χ4v) is 9.97. The Bertz CT molecular complexity index is 1000. The molecule has 4 N–H and O–H groups in total. The molecule has 0 bridgehead atoms. The number of allylic oxidation sites excluding steroid dienone is 4. The highest BCUT2D eigenvalue weighted by Crippen LogP contribution is 2.74. The summed E-state index contributed by atoms with van der Waals surface area (Å²) in [5, 5.41) is 42.2. The highest BCUT2D eigenvalue weighted by molar-refractivity contribution is 5.75. The Morgan fingerprint density at radius 2 is 1.57 bits per heavy atom. The minimum absolute atomic E-state index is 0.00724. The van der Waals surface area contributed by atoms with E-state index in [2.05, 4.69) is 46.8 Å². The monoisotopic (exact) mass is 486 g/mol. The van der Waals surface area contributed by atoms with E-state index in [4.69, 9.17) is 0 Å². The fourth-order valence-electron chi connectivity index (χ4n) is 9.97. The lowest BCUT2D eigenvalue weighted by Gasteiger charge is -2.68. The van der Waals surface area contributed by atoms with E-state index in [1.165, 1.54) is 11.1 Å². The molecule has 4 saturated carbocycles. The third kappa shape index (κ3) is 2.95. The predicted octanol–water partition coefficient (Wildman–Crippen LogP) is 5.10. The molecule has 4 fully saturated rings. The Morgan fingerprint density at radius 1 is 0.886 bits per heavy atom. The highest BCUT2D eigenvalue weighted by atomic mass is 16.4. The van der Waals surface area contributed by atoms with Crippen LogP contribution in [0.25, 0.3) is 0 Å². The second-order valence-corrected chi connectivity index (χ2v) is 14.4. The minimum atomic E-state index is -1.12. The number of carboxylic acids is 1. The van der Waals surface area contributed by atoms with Gasteiger partial charge in [-0.05, 0) is 91.8 Å². The van der Waals surface area contributed by atoms with Crippen LogP contribution in [0.1, 0.15) is 92.9 Å². The predicted molar refractivity (Wildman–Crippen MR) is 135 cm³/mol. The van der Waals surface area contributed by atoms with E-state index >= 15 is 0 Å². The van der Waals surface area contributed by atoms with Gasteiger partial charge in [-0.25, -0.2) is 0 Å². The summed E-state index contributed by atoms with van der Waals surface area (Å²) in [5.74, 6) is -0.521. The van der Waals surface area contributed by atoms with Crippen LogP contribution < -0.4 is 0 Å². The van der Waals surface area contributed by atoms with Crippen LogP contribution in [0.2, 0.25) is 0 Å². The third-order valence-corrected chi connectivity index (χ3v) is 13.0. The van der Waals surface area contributed by atoms with Gasteiger partial charge in [0.25, 0.3) is 0 Å². The Kier molecular flexibility index (Phi) is 5.42. The van der Waals surface area contributed by atoms with Crippen molar-refractivity contribution in [1.82, 2.24) is 0 Å². The van der Waals surface area contributed by atoms with Crippen LogP contribution in [0.15, 0.2) is 23.3 Å². The van der Waals surface area contributed by atoms with Gasteiger partial charge in [-0.2, -0.15) is 0 Å². The highest BCUT2D eigenvalue weighted by Gasteiger charge is 2.67. The number of aliphatic hydroxyl groups excluding tert-OH is 3. The number of carboxylic acid groups (broad SMARTS) is 1. The molecule has 0 aromatic rings. The van der Waals surface area contributed by atoms with Gasteiger partial charge >= 0.3 is 5.97 Å². The molecule has 10 unspecified atom stereocenters. The second kappa shape index (κ2) is 7.45. The van der Waals surface area contributed by atoms with Crippen molar-refractivity contribution in [2.45, 2.75) is 105 Å². The maximum atomic E-state index is 12.3. The molecule has 5 heteroatoms. The quantitative estimate of drug-likeness (QED) is 0.435. The smallest absolute Gasteiger partial charge is 0.312 e. The lowest BCUT2D eigenvalue weighted by Crippen LogP contribution is -2.62. The van der Waals surface area contributed by atoms with Crippen molar-refractivity contribution in [2.24, 2.45) is 44.3 Å². The summed E-state index contributed by atoms with van der Waals surface area (Å²) >= 11 is 0. The number of carbonyl (C=O) groups is 1. The van der Waals surface area contributed by atoms with Gasteiger partial charge in [-0.1, -0.05) is 57.9 Å². The molecule has 10 atom stereocenters. The van der Waals surface area contributed by atoms with Gasteiger partial charge in [-0.3, -0.25) is 4.79 Å². The summed E-state index contributed by atoms with van der Waals surface area (Å²) in [7, 11) is 0. The molecule has 196 valence electrons. The lowest BCUT2D eigenvalue weighted by molar-refractivity contribution is -0.171. The van der Waals surface area contributed by atoms with Gasteiger partial charge in [0.05, 0.1) is 24.2 Å². The van der Waals surface area contributed by atoms with Crippen molar-refractivity contribution in [3.63, 3.8) is 0 Å². The Hall–Kier alpha value is -1.17. The van der Waals surface area contributed by atoms with E-state index in [-0.39, 0.29) is 40.1 Å². The first-order valence-corrected chi connectivity index (χ1v) is 13.8. The minimum Gasteiger partial charge on any atom is -0.481 e. The van der Waals surface area contributed by atoms with Crippen LogP contribution in [-0.4, -0.2) is 45.2 Å². The van der Waals surface area contributed by atoms with E-state index in [0.29, 0.717) is 19.3 Å². The van der Waals surface area contributed by atoms with Gasteiger partial charge in [-0.15, -0.1) is 0 Å². The first-order chi connectivity index (χ1) is 16.1. The zero-order valence-electron chi connectivity index (χ0n) is 22.5. The molecule has 0 aromatic heterocycles. The molecule has 0 saturated heterocycles. The average molecular weight is 487 g/mol. The molecule has 0 aliphatic heterocycles. The summed E-state index contributed by atoms with van der Waals surface area (Å²) in [4.78, 5) is 12.3.